The lowest BCUT2D eigenvalue weighted by Crippen LogP contribution is -3.61. The molecule has 2 aromatic carbocycles. The normalized spacial score (nSPS) is 10.2. The van der Waals surface area contributed by atoms with Crippen LogP contribution in [0.15, 0.2) is 42.5 Å². The van der Waals surface area contributed by atoms with Crippen LogP contribution in [-0.2, 0) is 0 Å². The molecule has 102 valence electrons. The number of hydrogen-bond acceptors (Lipinski definition) is 5. The van der Waals surface area contributed by atoms with E-state index in [9.17, 15) is 25.3 Å². The van der Waals surface area contributed by atoms with Crippen molar-refractivity contribution in [1.82, 2.24) is 0 Å². The summed E-state index contributed by atoms with van der Waals surface area (Å²) in [5.41, 5.74) is -1.02. The predicted octanol–water partition coefficient (Wildman–Crippen LogP) is -0.663. The van der Waals surface area contributed by atoms with Gasteiger partial charge in [0.05, 0.1) is 22.0 Å². The van der Waals surface area contributed by atoms with Crippen LogP contribution in [0, 0.1) is 27.4 Å². The number of halogens is 1. The first-order valence-electron chi connectivity index (χ1n) is 5.34. The smallest absolute Gasteiger partial charge is 0.362 e. The molecule has 0 aliphatic rings. The van der Waals surface area contributed by atoms with E-state index < -0.39 is 42.5 Å². The Labute approximate surface area is 123 Å². The van der Waals surface area contributed by atoms with Gasteiger partial charge in [-0.3, -0.25) is 20.2 Å². The number of hydrogen-bond donors (Lipinski definition) is 1. The number of benzene rings is 2. The average molecular weight is 387 g/mol. The Balaban J connectivity index is 2.51. The molecule has 0 aromatic heterocycles. The van der Waals surface area contributed by atoms with Crippen molar-refractivity contribution in [1.29, 1.82) is 0 Å². The van der Waals surface area contributed by atoms with Gasteiger partial charge in [0.2, 0.25) is 9.32 Å². The van der Waals surface area contributed by atoms with Crippen molar-refractivity contribution in [3.8, 4) is 5.75 Å². The van der Waals surface area contributed by atoms with Crippen LogP contribution in [0.5, 0.6) is 5.75 Å². The van der Waals surface area contributed by atoms with E-state index in [1.165, 1.54) is 6.07 Å². The van der Waals surface area contributed by atoms with Gasteiger partial charge in [-0.15, -0.1) is 0 Å². The van der Waals surface area contributed by atoms with Gasteiger partial charge in [0.1, 0.15) is 0 Å². The van der Waals surface area contributed by atoms with Gasteiger partial charge in [-0.1, -0.05) is 18.2 Å². The summed E-state index contributed by atoms with van der Waals surface area (Å²) in [5.74, 6) is -0.489. The number of phenols is 1. The molecule has 2 aromatic rings. The highest BCUT2D eigenvalue weighted by Gasteiger charge is 2.31. The van der Waals surface area contributed by atoms with Crippen molar-refractivity contribution < 1.29 is 36.2 Å². The Morgan fingerprint density at radius 2 is 1.65 bits per heavy atom. The molecular weight excluding hydrogens is 379 g/mol. The summed E-state index contributed by atoms with van der Waals surface area (Å²) in [5, 5.41) is 31.5. The Bertz CT molecular complexity index is 675. The van der Waals surface area contributed by atoms with Crippen molar-refractivity contribution in [2.45, 2.75) is 0 Å². The number of aromatic hydroxyl groups is 1. The van der Waals surface area contributed by atoms with E-state index >= 15 is 0 Å². The van der Waals surface area contributed by atoms with Gasteiger partial charge in [-0.05, 0) is 12.1 Å². The first-order chi connectivity index (χ1) is 9.49. The van der Waals surface area contributed by atoms with Crippen LogP contribution < -0.4 is 21.2 Å². The maximum absolute atomic E-state index is 10.8. The quantitative estimate of drug-likeness (QED) is 0.426. The fourth-order valence-corrected chi connectivity index (χ4v) is 3.93. The fourth-order valence-electron chi connectivity index (χ4n) is 1.48. The first kappa shape index (κ1) is 14.2. The van der Waals surface area contributed by atoms with Crippen molar-refractivity contribution in [3.05, 3.63) is 69.8 Å². The van der Waals surface area contributed by atoms with Gasteiger partial charge in [0.15, 0.2) is 3.57 Å². The Kier molecular flexibility index (Phi) is 4.13. The van der Waals surface area contributed by atoms with Gasteiger partial charge in [-0.2, -0.15) is 0 Å². The zero-order valence-corrected chi connectivity index (χ0v) is 12.1. The summed E-state index contributed by atoms with van der Waals surface area (Å²) in [6.07, 6.45) is 0. The monoisotopic (exact) mass is 387 g/mol. The highest BCUT2D eigenvalue weighted by Crippen LogP contribution is 2.29. The van der Waals surface area contributed by atoms with Gasteiger partial charge in [0, 0.05) is 0 Å². The number of nitro benzene ring substituents is 2. The summed E-state index contributed by atoms with van der Waals surface area (Å²) < 4.78 is 1.16. The Morgan fingerprint density at radius 3 is 2.20 bits per heavy atom. The first-order valence-corrected chi connectivity index (χ1v) is 7.50. The molecule has 0 radical (unpaired) electrons. The van der Waals surface area contributed by atoms with Crippen LogP contribution in [0.25, 0.3) is 0 Å². The minimum Gasteiger partial charge on any atom is -0.499 e. The maximum atomic E-state index is 10.8. The van der Waals surface area contributed by atoms with E-state index in [2.05, 4.69) is 0 Å². The molecule has 0 aliphatic carbocycles. The maximum Gasteiger partial charge on any atom is 0.362 e. The van der Waals surface area contributed by atoms with Crippen LogP contribution in [0.3, 0.4) is 0 Å². The lowest BCUT2D eigenvalue weighted by atomic mass is 10.2. The van der Waals surface area contributed by atoms with Gasteiger partial charge in [-0.25, -0.2) is 0 Å². The zero-order valence-electron chi connectivity index (χ0n) is 9.89. The van der Waals surface area contributed by atoms with Gasteiger partial charge >= 0.3 is 26.9 Å². The van der Waals surface area contributed by atoms with Crippen molar-refractivity contribution in [3.63, 3.8) is 0 Å². The molecule has 2 rings (SSSR count). The standard InChI is InChI=1S/C12H7IN2O5/c16-12-10(13-8-4-2-1-3-5-8)6-9(14(17)18)7-11(12)15(19)20/h1-7H/p+1. The van der Waals surface area contributed by atoms with E-state index in [0.29, 0.717) is 0 Å². The molecule has 0 bridgehead atoms. The SMILES string of the molecule is O=[N+]([O-])c1cc([I+]c2ccccc2)c(O)c([N+](=O)[O-])c1. The number of rotatable bonds is 4. The predicted molar refractivity (Wildman–Crippen MR) is 65.3 cm³/mol. The average Bonchev–Trinajstić information content (AvgIpc) is 2.41. The fraction of sp³-hybridized carbons (Fsp3) is 0. The van der Waals surface area contributed by atoms with E-state index in [-0.39, 0.29) is 9.26 Å². The molecule has 7 nitrogen and oxygen atoms in total. The number of nitro groups is 2. The summed E-state index contributed by atoms with van der Waals surface area (Å²) in [6, 6.07) is 11.0. The highest BCUT2D eigenvalue weighted by molar-refractivity contribution is 5.52. The molecular formula is C12H8IN2O5+. The summed E-state index contributed by atoms with van der Waals surface area (Å²) in [7, 11) is 0. The van der Waals surface area contributed by atoms with E-state index in [4.69, 9.17) is 0 Å². The van der Waals surface area contributed by atoms with Crippen LogP contribution in [0.4, 0.5) is 11.4 Å². The second-order valence-electron chi connectivity index (χ2n) is 3.70. The summed E-state index contributed by atoms with van der Waals surface area (Å²) >= 11 is -0.937. The van der Waals surface area contributed by atoms with E-state index in [1.807, 2.05) is 18.2 Å². The third kappa shape index (κ3) is 3.02. The largest absolute Gasteiger partial charge is 0.499 e. The van der Waals surface area contributed by atoms with Crippen LogP contribution in [0.2, 0.25) is 0 Å². The minimum atomic E-state index is -0.937. The van der Waals surface area contributed by atoms with E-state index in [0.717, 1.165) is 9.64 Å². The molecule has 0 atom stereocenters. The lowest BCUT2D eigenvalue weighted by Gasteiger charge is -1.96. The second-order valence-corrected chi connectivity index (χ2v) is 6.65. The Morgan fingerprint density at radius 1 is 1.00 bits per heavy atom. The third-order valence-electron chi connectivity index (χ3n) is 2.38. The lowest BCUT2D eigenvalue weighted by molar-refractivity contribution is -0.599. The molecule has 0 saturated carbocycles. The zero-order chi connectivity index (χ0) is 14.7. The van der Waals surface area contributed by atoms with Crippen LogP contribution in [0.1, 0.15) is 0 Å². The number of nitrogens with zero attached hydrogens (tertiary/aromatic N) is 2. The van der Waals surface area contributed by atoms with Gasteiger partial charge < -0.3 is 5.11 Å². The van der Waals surface area contributed by atoms with Crippen molar-refractivity contribution in [2.24, 2.45) is 0 Å². The molecule has 8 heteroatoms. The summed E-state index contributed by atoms with van der Waals surface area (Å²) in [4.78, 5) is 20.1. The Hall–Kier alpha value is -2.23. The molecule has 0 amide bonds. The third-order valence-corrected chi connectivity index (χ3v) is 5.12. The molecule has 0 heterocycles. The number of non-ortho nitro benzene ring substituents is 1. The van der Waals surface area contributed by atoms with Crippen molar-refractivity contribution in [2.75, 3.05) is 0 Å². The van der Waals surface area contributed by atoms with E-state index in [1.54, 1.807) is 12.1 Å². The second kappa shape index (κ2) is 5.82. The van der Waals surface area contributed by atoms with Crippen molar-refractivity contribution >= 4 is 11.4 Å². The molecule has 0 unspecified atom stereocenters. The summed E-state index contributed by atoms with van der Waals surface area (Å²) in [6.45, 7) is 0. The molecule has 0 spiro atoms. The molecule has 0 saturated heterocycles. The molecule has 0 fully saturated rings. The van der Waals surface area contributed by atoms with Crippen LogP contribution in [-0.4, -0.2) is 15.0 Å². The van der Waals surface area contributed by atoms with Crippen LogP contribution >= 0.6 is 0 Å². The molecule has 20 heavy (non-hydrogen) atoms. The topological polar surface area (TPSA) is 107 Å². The van der Waals surface area contributed by atoms with Gasteiger partial charge in [0.25, 0.3) is 5.69 Å². The number of phenolic OH excluding ortho intramolecular Hbond substituents is 1. The molecule has 1 N–H and O–H groups in total. The highest BCUT2D eigenvalue weighted by atomic mass is 127. The minimum absolute atomic E-state index is 0.260. The molecule has 0 aliphatic heterocycles.